The predicted octanol–water partition coefficient (Wildman–Crippen LogP) is 1.77. The van der Waals surface area contributed by atoms with Gasteiger partial charge in [-0.15, -0.1) is 0 Å². The molecule has 0 aliphatic carbocycles. The van der Waals surface area contributed by atoms with Crippen molar-refractivity contribution in [2.45, 2.75) is 62.8 Å². The van der Waals surface area contributed by atoms with Crippen LogP contribution in [0.5, 0.6) is 0 Å². The first-order chi connectivity index (χ1) is 7.86. The lowest BCUT2D eigenvalue weighted by Crippen LogP contribution is -2.57. The van der Waals surface area contributed by atoms with E-state index in [1.54, 1.807) is 0 Å². The largest absolute Gasteiger partial charge is 0.349 e. The topological polar surface area (TPSA) is 36.9 Å². The number of rotatable bonds is 0. The molecule has 0 saturated carbocycles. The molecule has 0 unspecified atom stereocenters. The van der Waals surface area contributed by atoms with Gasteiger partial charge in [0, 0.05) is 5.75 Å². The fourth-order valence-corrected chi connectivity index (χ4v) is 3.98. The lowest BCUT2D eigenvalue weighted by molar-refractivity contribution is -0.290. The van der Waals surface area contributed by atoms with Crippen LogP contribution in [0.15, 0.2) is 0 Å². The van der Waals surface area contributed by atoms with Crippen LogP contribution in [0.2, 0.25) is 0 Å². The molecule has 3 saturated heterocycles. The molecule has 3 heterocycles. The smallest absolute Gasteiger partial charge is 0.163 e. The summed E-state index contributed by atoms with van der Waals surface area (Å²) in [5.41, 5.74) is 0. The highest BCUT2D eigenvalue weighted by Crippen LogP contribution is 2.43. The molecule has 0 spiro atoms. The molecular weight excluding hydrogens is 240 g/mol. The summed E-state index contributed by atoms with van der Waals surface area (Å²) < 4.78 is 23.6. The minimum atomic E-state index is -0.514. The maximum atomic E-state index is 6.04. The van der Waals surface area contributed by atoms with E-state index in [1.165, 1.54) is 0 Å². The summed E-state index contributed by atoms with van der Waals surface area (Å²) in [6.45, 7) is 8.58. The second-order valence-corrected chi connectivity index (χ2v) is 7.08. The number of thioether (sulfide) groups is 1. The van der Waals surface area contributed by atoms with Crippen LogP contribution < -0.4 is 0 Å². The van der Waals surface area contributed by atoms with Gasteiger partial charge in [0.2, 0.25) is 0 Å². The van der Waals surface area contributed by atoms with Crippen molar-refractivity contribution in [2.75, 3.05) is 12.4 Å². The molecule has 0 aromatic rings. The average molecular weight is 260 g/mol. The summed E-state index contributed by atoms with van der Waals surface area (Å²) in [5.74, 6) is -0.0429. The van der Waals surface area contributed by atoms with Crippen LogP contribution >= 0.6 is 11.8 Å². The van der Waals surface area contributed by atoms with Crippen molar-refractivity contribution in [1.82, 2.24) is 0 Å². The third-order valence-electron chi connectivity index (χ3n) is 3.40. The van der Waals surface area contributed by atoms with Crippen LogP contribution in [0, 0.1) is 0 Å². The third-order valence-corrected chi connectivity index (χ3v) is 4.75. The monoisotopic (exact) mass is 260 g/mol. The normalized spacial score (nSPS) is 47.3. The lowest BCUT2D eigenvalue weighted by atomic mass is 10.0. The lowest BCUT2D eigenvalue weighted by Gasteiger charge is -2.46. The highest BCUT2D eigenvalue weighted by molar-refractivity contribution is 8.00. The Morgan fingerprint density at radius 3 is 2.41 bits per heavy atom. The van der Waals surface area contributed by atoms with Crippen LogP contribution in [0.25, 0.3) is 0 Å². The molecule has 17 heavy (non-hydrogen) atoms. The standard InChI is InChI=1S/C12H20O4S/c1-11(2)13-5-8-10(16-11)9-7(6-17-8)14-12(3,4)15-9/h7-10H,5-6H2,1-4H3/t7-,8+,9-,10-/m1/s1. The molecule has 0 bridgehead atoms. The Hall–Kier alpha value is 0.190. The minimum absolute atomic E-state index is 0.0411. The quantitative estimate of drug-likeness (QED) is 0.663. The fraction of sp³-hybridized carbons (Fsp3) is 1.00. The molecule has 4 nitrogen and oxygen atoms in total. The van der Waals surface area contributed by atoms with Gasteiger partial charge in [-0.2, -0.15) is 11.8 Å². The summed E-state index contributed by atoms with van der Waals surface area (Å²) in [6, 6.07) is 0. The summed E-state index contributed by atoms with van der Waals surface area (Å²) in [4.78, 5) is 0. The SMILES string of the molecule is CC1(C)OC[C@@H]2SC[C@H]3OC(C)(C)O[C@H]3[C@@H]2O1. The number of ether oxygens (including phenoxy) is 4. The van der Waals surface area contributed by atoms with Gasteiger partial charge in [0.1, 0.15) is 12.2 Å². The van der Waals surface area contributed by atoms with Crippen LogP contribution in [0.4, 0.5) is 0 Å². The molecule has 0 amide bonds. The van der Waals surface area contributed by atoms with E-state index in [9.17, 15) is 0 Å². The number of hydrogen-bond acceptors (Lipinski definition) is 5. The Morgan fingerprint density at radius 2 is 1.65 bits per heavy atom. The van der Waals surface area contributed by atoms with E-state index in [-0.39, 0.29) is 18.3 Å². The Balaban J connectivity index is 1.80. The maximum absolute atomic E-state index is 6.04. The van der Waals surface area contributed by atoms with E-state index in [1.807, 2.05) is 39.5 Å². The van der Waals surface area contributed by atoms with Crippen LogP contribution in [-0.2, 0) is 18.9 Å². The van der Waals surface area contributed by atoms with E-state index in [0.717, 1.165) is 12.4 Å². The van der Waals surface area contributed by atoms with Gasteiger partial charge in [0.25, 0.3) is 0 Å². The van der Waals surface area contributed by atoms with Gasteiger partial charge in [-0.3, -0.25) is 0 Å². The van der Waals surface area contributed by atoms with Gasteiger partial charge in [-0.25, -0.2) is 0 Å². The second-order valence-electron chi connectivity index (χ2n) is 5.80. The summed E-state index contributed by atoms with van der Waals surface area (Å²) in [6.07, 6.45) is 0.258. The van der Waals surface area contributed by atoms with Gasteiger partial charge >= 0.3 is 0 Å². The second kappa shape index (κ2) is 3.84. The van der Waals surface area contributed by atoms with E-state index in [2.05, 4.69) is 0 Å². The van der Waals surface area contributed by atoms with Crippen molar-refractivity contribution in [3.63, 3.8) is 0 Å². The highest BCUT2D eigenvalue weighted by atomic mass is 32.2. The molecule has 0 N–H and O–H groups in total. The van der Waals surface area contributed by atoms with Crippen molar-refractivity contribution >= 4 is 11.8 Å². The van der Waals surface area contributed by atoms with Gasteiger partial charge in [0.05, 0.1) is 18.0 Å². The first-order valence-electron chi connectivity index (χ1n) is 6.15. The molecule has 3 fully saturated rings. The number of fused-ring (bicyclic) bond motifs is 3. The molecule has 0 aromatic heterocycles. The molecule has 3 aliphatic heterocycles. The Labute approximate surface area is 106 Å². The Bertz CT molecular complexity index is 318. The van der Waals surface area contributed by atoms with Gasteiger partial charge < -0.3 is 18.9 Å². The molecule has 0 radical (unpaired) electrons. The van der Waals surface area contributed by atoms with Gasteiger partial charge in [0.15, 0.2) is 11.6 Å². The zero-order valence-corrected chi connectivity index (χ0v) is 11.6. The molecular formula is C12H20O4S. The van der Waals surface area contributed by atoms with Crippen molar-refractivity contribution < 1.29 is 18.9 Å². The van der Waals surface area contributed by atoms with Crippen LogP contribution in [0.1, 0.15) is 27.7 Å². The minimum Gasteiger partial charge on any atom is -0.349 e. The van der Waals surface area contributed by atoms with Crippen molar-refractivity contribution in [3.8, 4) is 0 Å². The van der Waals surface area contributed by atoms with E-state index in [0.29, 0.717) is 5.25 Å². The predicted molar refractivity (Wildman–Crippen MR) is 65.0 cm³/mol. The Kier molecular flexibility index (Phi) is 2.76. The summed E-state index contributed by atoms with van der Waals surface area (Å²) in [7, 11) is 0. The zero-order valence-electron chi connectivity index (χ0n) is 10.8. The summed E-state index contributed by atoms with van der Waals surface area (Å²) >= 11 is 1.87. The van der Waals surface area contributed by atoms with Gasteiger partial charge in [-0.1, -0.05) is 0 Å². The molecule has 3 rings (SSSR count). The zero-order chi connectivity index (χ0) is 12.3. The van der Waals surface area contributed by atoms with E-state index < -0.39 is 11.6 Å². The van der Waals surface area contributed by atoms with Crippen molar-refractivity contribution in [3.05, 3.63) is 0 Å². The number of hydrogen-bond donors (Lipinski definition) is 0. The molecule has 3 aliphatic rings. The molecule has 98 valence electrons. The van der Waals surface area contributed by atoms with E-state index >= 15 is 0 Å². The molecule has 4 atom stereocenters. The molecule has 0 aromatic carbocycles. The first kappa shape index (κ1) is 12.2. The molecule has 5 heteroatoms. The van der Waals surface area contributed by atoms with Gasteiger partial charge in [-0.05, 0) is 27.7 Å². The summed E-state index contributed by atoms with van der Waals surface area (Å²) in [5, 5.41) is 0.363. The third kappa shape index (κ3) is 2.24. The van der Waals surface area contributed by atoms with Crippen LogP contribution in [0.3, 0.4) is 0 Å². The fourth-order valence-electron chi connectivity index (χ4n) is 2.73. The van der Waals surface area contributed by atoms with Crippen molar-refractivity contribution in [2.24, 2.45) is 0 Å². The highest BCUT2D eigenvalue weighted by Gasteiger charge is 2.54. The van der Waals surface area contributed by atoms with E-state index in [4.69, 9.17) is 18.9 Å². The maximum Gasteiger partial charge on any atom is 0.163 e. The van der Waals surface area contributed by atoms with Crippen molar-refractivity contribution in [1.29, 1.82) is 0 Å². The Morgan fingerprint density at radius 1 is 0.941 bits per heavy atom. The average Bonchev–Trinajstić information content (AvgIpc) is 2.51. The van der Waals surface area contributed by atoms with Crippen LogP contribution in [-0.4, -0.2) is 47.5 Å². The first-order valence-corrected chi connectivity index (χ1v) is 7.20.